The molecule has 0 spiro atoms. The minimum absolute atomic E-state index is 0.0426. The number of amides is 1. The molecule has 0 heterocycles. The fourth-order valence-electron chi connectivity index (χ4n) is 1.47. The number of carbonyl (C=O) groups excluding carboxylic acids is 2. The van der Waals surface area contributed by atoms with Crippen molar-refractivity contribution < 1.29 is 14.3 Å². The fraction of sp³-hybridized carbons (Fsp3) is 0.833. The first kappa shape index (κ1) is 15.9. The van der Waals surface area contributed by atoms with Gasteiger partial charge in [-0.25, -0.2) is 0 Å². The van der Waals surface area contributed by atoms with Gasteiger partial charge in [-0.05, 0) is 18.9 Å². The lowest BCUT2D eigenvalue weighted by Gasteiger charge is -2.21. The van der Waals surface area contributed by atoms with Gasteiger partial charge in [-0.2, -0.15) is 0 Å². The van der Waals surface area contributed by atoms with E-state index in [1.807, 2.05) is 6.92 Å². The van der Waals surface area contributed by atoms with Crippen LogP contribution in [0.4, 0.5) is 0 Å². The molecule has 0 bridgehead atoms. The molecule has 2 unspecified atom stereocenters. The molecule has 0 saturated carbocycles. The van der Waals surface area contributed by atoms with Crippen molar-refractivity contribution in [2.45, 2.75) is 26.7 Å². The fourth-order valence-corrected chi connectivity index (χ4v) is 1.47. The summed E-state index contributed by atoms with van der Waals surface area (Å²) >= 11 is 0. The highest BCUT2D eigenvalue weighted by Gasteiger charge is 2.18. The van der Waals surface area contributed by atoms with Gasteiger partial charge in [0.2, 0.25) is 5.91 Å². The molecule has 2 atom stereocenters. The van der Waals surface area contributed by atoms with Gasteiger partial charge in [0.15, 0.2) is 0 Å². The molecule has 1 amide bonds. The zero-order chi connectivity index (χ0) is 13.4. The van der Waals surface area contributed by atoms with Crippen LogP contribution < -0.4 is 5.73 Å². The van der Waals surface area contributed by atoms with Crippen LogP contribution in [0.15, 0.2) is 0 Å². The van der Waals surface area contributed by atoms with Gasteiger partial charge in [-0.1, -0.05) is 13.8 Å². The largest absolute Gasteiger partial charge is 0.469 e. The summed E-state index contributed by atoms with van der Waals surface area (Å²) in [7, 11) is 3.05. The van der Waals surface area contributed by atoms with Crippen LogP contribution in [0.3, 0.4) is 0 Å². The Labute approximate surface area is 103 Å². The SMILES string of the molecule is COC(=O)C(C)CN(C)C(=O)CCC(C)CN. The molecular weight excluding hydrogens is 220 g/mol. The number of carbonyl (C=O) groups is 2. The van der Waals surface area contributed by atoms with Crippen LogP contribution in [-0.4, -0.2) is 44.0 Å². The van der Waals surface area contributed by atoms with Crippen LogP contribution in [0, 0.1) is 11.8 Å². The third-order valence-electron chi connectivity index (χ3n) is 2.83. The van der Waals surface area contributed by atoms with Crippen molar-refractivity contribution in [2.24, 2.45) is 17.6 Å². The summed E-state index contributed by atoms with van der Waals surface area (Å²) in [5.41, 5.74) is 5.49. The molecule has 100 valence electrons. The summed E-state index contributed by atoms with van der Waals surface area (Å²) in [5.74, 6) is -0.188. The molecule has 0 aliphatic rings. The highest BCUT2D eigenvalue weighted by molar-refractivity contribution is 5.77. The number of nitrogens with zero attached hydrogens (tertiary/aromatic N) is 1. The Bertz CT molecular complexity index is 256. The second kappa shape index (κ2) is 8.06. The molecule has 0 aromatic carbocycles. The van der Waals surface area contributed by atoms with Crippen LogP contribution in [-0.2, 0) is 14.3 Å². The van der Waals surface area contributed by atoms with Crippen LogP contribution >= 0.6 is 0 Å². The van der Waals surface area contributed by atoms with Crippen LogP contribution in [0.5, 0.6) is 0 Å². The molecule has 5 nitrogen and oxygen atoms in total. The zero-order valence-corrected chi connectivity index (χ0v) is 11.2. The first-order valence-corrected chi connectivity index (χ1v) is 5.94. The molecule has 0 radical (unpaired) electrons. The van der Waals surface area contributed by atoms with E-state index in [9.17, 15) is 9.59 Å². The maximum Gasteiger partial charge on any atom is 0.310 e. The second-order valence-electron chi connectivity index (χ2n) is 4.58. The number of nitrogens with two attached hydrogens (primary N) is 1. The smallest absolute Gasteiger partial charge is 0.310 e. The summed E-state index contributed by atoms with van der Waals surface area (Å²) in [6, 6.07) is 0. The number of esters is 1. The van der Waals surface area contributed by atoms with E-state index >= 15 is 0 Å². The highest BCUT2D eigenvalue weighted by Crippen LogP contribution is 2.07. The predicted molar refractivity (Wildman–Crippen MR) is 66.3 cm³/mol. The van der Waals surface area contributed by atoms with Crippen molar-refractivity contribution in [3.05, 3.63) is 0 Å². The van der Waals surface area contributed by atoms with Gasteiger partial charge in [-0.3, -0.25) is 9.59 Å². The summed E-state index contributed by atoms with van der Waals surface area (Å²) in [6.07, 6.45) is 1.26. The van der Waals surface area contributed by atoms with E-state index in [0.717, 1.165) is 6.42 Å². The predicted octanol–water partition coefficient (Wildman–Crippen LogP) is 0.629. The van der Waals surface area contributed by atoms with Gasteiger partial charge in [0, 0.05) is 20.0 Å². The maximum absolute atomic E-state index is 11.7. The molecule has 0 aromatic rings. The molecule has 0 aromatic heterocycles. The van der Waals surface area contributed by atoms with E-state index in [1.165, 1.54) is 7.11 Å². The third kappa shape index (κ3) is 6.26. The molecule has 0 fully saturated rings. The van der Waals surface area contributed by atoms with Crippen molar-refractivity contribution >= 4 is 11.9 Å². The summed E-state index contributed by atoms with van der Waals surface area (Å²) in [6.45, 7) is 4.75. The van der Waals surface area contributed by atoms with Gasteiger partial charge in [0.05, 0.1) is 13.0 Å². The quantitative estimate of drug-likeness (QED) is 0.667. The van der Waals surface area contributed by atoms with Crippen LogP contribution in [0.2, 0.25) is 0 Å². The van der Waals surface area contributed by atoms with E-state index in [0.29, 0.717) is 25.4 Å². The van der Waals surface area contributed by atoms with Crippen molar-refractivity contribution in [2.75, 3.05) is 27.2 Å². The Morgan fingerprint density at radius 2 is 1.94 bits per heavy atom. The van der Waals surface area contributed by atoms with Gasteiger partial charge < -0.3 is 15.4 Å². The number of methoxy groups -OCH3 is 1. The average Bonchev–Trinajstić information content (AvgIpc) is 2.33. The van der Waals surface area contributed by atoms with Crippen molar-refractivity contribution in [1.82, 2.24) is 4.90 Å². The molecule has 0 saturated heterocycles. The van der Waals surface area contributed by atoms with Crippen LogP contribution in [0.25, 0.3) is 0 Å². The Kier molecular flexibility index (Phi) is 7.54. The number of ether oxygens (including phenoxy) is 1. The van der Waals surface area contributed by atoms with Crippen molar-refractivity contribution in [3.8, 4) is 0 Å². The standard InChI is InChI=1S/C12H24N2O3/c1-9(7-13)5-6-11(15)14(3)8-10(2)12(16)17-4/h9-10H,5-8,13H2,1-4H3. The number of rotatable bonds is 7. The molecule has 5 heteroatoms. The Morgan fingerprint density at radius 3 is 2.41 bits per heavy atom. The first-order valence-electron chi connectivity index (χ1n) is 5.94. The van der Waals surface area contributed by atoms with Gasteiger partial charge in [-0.15, -0.1) is 0 Å². The van der Waals surface area contributed by atoms with Crippen molar-refractivity contribution in [1.29, 1.82) is 0 Å². The van der Waals surface area contributed by atoms with E-state index in [1.54, 1.807) is 18.9 Å². The van der Waals surface area contributed by atoms with E-state index in [-0.39, 0.29) is 17.8 Å². The summed E-state index contributed by atoms with van der Waals surface area (Å²) in [5, 5.41) is 0. The Morgan fingerprint density at radius 1 is 1.35 bits per heavy atom. The molecule has 17 heavy (non-hydrogen) atoms. The topological polar surface area (TPSA) is 72.6 Å². The van der Waals surface area contributed by atoms with E-state index < -0.39 is 0 Å². The summed E-state index contributed by atoms with van der Waals surface area (Å²) in [4.78, 5) is 24.5. The average molecular weight is 244 g/mol. The highest BCUT2D eigenvalue weighted by atomic mass is 16.5. The first-order chi connectivity index (χ1) is 7.92. The van der Waals surface area contributed by atoms with E-state index in [2.05, 4.69) is 4.74 Å². The number of hydrogen-bond acceptors (Lipinski definition) is 4. The Balaban J connectivity index is 4.01. The third-order valence-corrected chi connectivity index (χ3v) is 2.83. The molecule has 0 aliphatic heterocycles. The van der Waals surface area contributed by atoms with Crippen molar-refractivity contribution in [3.63, 3.8) is 0 Å². The number of hydrogen-bond donors (Lipinski definition) is 1. The lowest BCUT2D eigenvalue weighted by molar-refractivity contribution is -0.146. The normalized spacial score (nSPS) is 13.9. The minimum Gasteiger partial charge on any atom is -0.469 e. The second-order valence-corrected chi connectivity index (χ2v) is 4.58. The minimum atomic E-state index is -0.292. The van der Waals surface area contributed by atoms with Gasteiger partial charge >= 0.3 is 5.97 Å². The monoisotopic (exact) mass is 244 g/mol. The van der Waals surface area contributed by atoms with E-state index in [4.69, 9.17) is 5.73 Å². The molecular formula is C12H24N2O3. The molecule has 0 aliphatic carbocycles. The van der Waals surface area contributed by atoms with Crippen LogP contribution in [0.1, 0.15) is 26.7 Å². The van der Waals surface area contributed by atoms with Gasteiger partial charge in [0.25, 0.3) is 0 Å². The van der Waals surface area contributed by atoms with Gasteiger partial charge in [0.1, 0.15) is 0 Å². The lowest BCUT2D eigenvalue weighted by Crippen LogP contribution is -2.34. The lowest BCUT2D eigenvalue weighted by atomic mass is 10.1. The summed E-state index contributed by atoms with van der Waals surface area (Å²) < 4.78 is 4.61. The maximum atomic E-state index is 11.7. The zero-order valence-electron chi connectivity index (χ0n) is 11.2. The molecule has 0 rings (SSSR count). The molecule has 2 N–H and O–H groups in total. The Hall–Kier alpha value is -1.10.